The van der Waals surface area contributed by atoms with E-state index in [1.54, 1.807) is 6.07 Å². The molecule has 7 heteroatoms. The summed E-state index contributed by atoms with van der Waals surface area (Å²) in [5.41, 5.74) is 0. The average molecular weight is 312 g/mol. The molecule has 0 saturated carbocycles. The van der Waals surface area contributed by atoms with Crippen molar-refractivity contribution in [2.45, 2.75) is 32.1 Å². The first-order chi connectivity index (χ1) is 10.1. The predicted octanol–water partition coefficient (Wildman–Crippen LogP) is 1.63. The molecule has 1 aromatic rings. The van der Waals surface area contributed by atoms with Gasteiger partial charge in [-0.1, -0.05) is 6.07 Å². The zero-order chi connectivity index (χ0) is 15.5. The van der Waals surface area contributed by atoms with E-state index in [1.165, 1.54) is 11.3 Å². The predicted molar refractivity (Wildman–Crippen MR) is 80.4 cm³/mol. The third-order valence-corrected chi connectivity index (χ3v) is 3.62. The highest BCUT2D eigenvalue weighted by Gasteiger charge is 2.05. The summed E-state index contributed by atoms with van der Waals surface area (Å²) in [4.78, 5) is 34.0. The van der Waals surface area contributed by atoms with Gasteiger partial charge in [0, 0.05) is 25.9 Å². The van der Waals surface area contributed by atoms with Gasteiger partial charge in [0.25, 0.3) is 5.91 Å². The van der Waals surface area contributed by atoms with Crippen LogP contribution in [0.1, 0.15) is 41.8 Å². The normalized spacial score (nSPS) is 10.1. The van der Waals surface area contributed by atoms with Crippen LogP contribution in [0.3, 0.4) is 0 Å². The highest BCUT2D eigenvalue weighted by Crippen LogP contribution is 2.07. The fourth-order valence-corrected chi connectivity index (χ4v) is 2.30. The molecule has 1 heterocycles. The van der Waals surface area contributed by atoms with Crippen molar-refractivity contribution in [1.82, 2.24) is 10.6 Å². The first kappa shape index (κ1) is 17.2. The van der Waals surface area contributed by atoms with E-state index in [9.17, 15) is 14.4 Å². The number of hydrogen-bond acceptors (Lipinski definition) is 4. The van der Waals surface area contributed by atoms with Crippen LogP contribution in [0, 0.1) is 0 Å². The number of unbranched alkanes of at least 4 members (excludes halogenated alkanes) is 1. The molecule has 0 saturated heterocycles. The Kier molecular flexibility index (Phi) is 8.11. The second kappa shape index (κ2) is 9.93. The van der Waals surface area contributed by atoms with E-state index in [1.807, 2.05) is 11.4 Å². The minimum Gasteiger partial charge on any atom is -0.481 e. The number of thiophene rings is 1. The SMILES string of the molecule is O=C(O)CCCCC(=O)NCCCNC(=O)c1cccs1. The van der Waals surface area contributed by atoms with E-state index in [4.69, 9.17) is 5.11 Å². The lowest BCUT2D eigenvalue weighted by molar-refractivity contribution is -0.137. The first-order valence-electron chi connectivity index (χ1n) is 6.90. The zero-order valence-electron chi connectivity index (χ0n) is 11.8. The zero-order valence-corrected chi connectivity index (χ0v) is 12.6. The molecule has 0 bridgehead atoms. The Labute approximate surface area is 127 Å². The van der Waals surface area contributed by atoms with Crippen LogP contribution < -0.4 is 10.6 Å². The summed E-state index contributed by atoms with van der Waals surface area (Å²) in [5.74, 6) is -1.01. The van der Waals surface area contributed by atoms with E-state index in [-0.39, 0.29) is 18.2 Å². The van der Waals surface area contributed by atoms with E-state index in [0.717, 1.165) is 0 Å². The number of carboxylic acid groups (broad SMARTS) is 1. The van der Waals surface area contributed by atoms with Gasteiger partial charge >= 0.3 is 5.97 Å². The molecule has 0 aliphatic rings. The third-order valence-electron chi connectivity index (χ3n) is 2.75. The maximum Gasteiger partial charge on any atom is 0.303 e. The van der Waals surface area contributed by atoms with Gasteiger partial charge in [-0.25, -0.2) is 0 Å². The summed E-state index contributed by atoms with van der Waals surface area (Å²) in [6, 6.07) is 3.59. The van der Waals surface area contributed by atoms with Crippen molar-refractivity contribution in [2.24, 2.45) is 0 Å². The van der Waals surface area contributed by atoms with Gasteiger partial charge in [-0.15, -0.1) is 11.3 Å². The van der Waals surface area contributed by atoms with Crippen molar-refractivity contribution in [1.29, 1.82) is 0 Å². The summed E-state index contributed by atoms with van der Waals surface area (Å²) in [5, 5.41) is 15.8. The number of hydrogen-bond donors (Lipinski definition) is 3. The number of carboxylic acids is 1. The molecule has 0 atom stereocenters. The number of carbonyl (C=O) groups is 3. The molecule has 0 aliphatic heterocycles. The Balaban J connectivity index is 1.97. The van der Waals surface area contributed by atoms with Gasteiger partial charge in [-0.2, -0.15) is 0 Å². The van der Waals surface area contributed by atoms with Crippen molar-refractivity contribution in [3.8, 4) is 0 Å². The molecule has 6 nitrogen and oxygen atoms in total. The second-order valence-electron chi connectivity index (χ2n) is 4.54. The van der Waals surface area contributed by atoms with Crippen LogP contribution in [-0.4, -0.2) is 36.0 Å². The van der Waals surface area contributed by atoms with E-state index in [0.29, 0.717) is 43.6 Å². The van der Waals surface area contributed by atoms with E-state index >= 15 is 0 Å². The largest absolute Gasteiger partial charge is 0.481 e. The van der Waals surface area contributed by atoms with Crippen molar-refractivity contribution in [3.05, 3.63) is 22.4 Å². The Morgan fingerprint density at radius 3 is 2.43 bits per heavy atom. The van der Waals surface area contributed by atoms with Gasteiger partial charge in [-0.05, 0) is 30.7 Å². The lowest BCUT2D eigenvalue weighted by Gasteiger charge is -2.06. The molecule has 1 aromatic heterocycles. The third kappa shape index (κ3) is 8.09. The van der Waals surface area contributed by atoms with Crippen LogP contribution in [0.25, 0.3) is 0 Å². The van der Waals surface area contributed by atoms with Gasteiger partial charge in [0.2, 0.25) is 5.91 Å². The Hall–Kier alpha value is -1.89. The van der Waals surface area contributed by atoms with Crippen LogP contribution in [0.2, 0.25) is 0 Å². The molecular weight excluding hydrogens is 292 g/mol. The number of nitrogens with one attached hydrogen (secondary N) is 2. The highest BCUT2D eigenvalue weighted by atomic mass is 32.1. The van der Waals surface area contributed by atoms with Crippen molar-refractivity contribution in [3.63, 3.8) is 0 Å². The van der Waals surface area contributed by atoms with Crippen LogP contribution in [0.15, 0.2) is 17.5 Å². The number of carbonyl (C=O) groups excluding carboxylic acids is 2. The fourth-order valence-electron chi connectivity index (χ4n) is 1.66. The molecule has 1 rings (SSSR count). The smallest absolute Gasteiger partial charge is 0.303 e. The molecule has 2 amide bonds. The Morgan fingerprint density at radius 2 is 1.76 bits per heavy atom. The van der Waals surface area contributed by atoms with Crippen LogP contribution in [0.4, 0.5) is 0 Å². The summed E-state index contributed by atoms with van der Waals surface area (Å²) >= 11 is 1.39. The fraction of sp³-hybridized carbons (Fsp3) is 0.500. The summed E-state index contributed by atoms with van der Waals surface area (Å²) in [6.45, 7) is 1.01. The van der Waals surface area contributed by atoms with Gasteiger partial charge in [0.15, 0.2) is 0 Å². The molecule has 21 heavy (non-hydrogen) atoms. The molecule has 3 N–H and O–H groups in total. The molecule has 0 aromatic carbocycles. The van der Waals surface area contributed by atoms with Gasteiger partial charge in [0.05, 0.1) is 4.88 Å². The lowest BCUT2D eigenvalue weighted by Crippen LogP contribution is -2.29. The van der Waals surface area contributed by atoms with Crippen LogP contribution in [0.5, 0.6) is 0 Å². The second-order valence-corrected chi connectivity index (χ2v) is 5.49. The molecule has 116 valence electrons. The summed E-state index contributed by atoms with van der Waals surface area (Å²) < 4.78 is 0. The molecule has 0 fully saturated rings. The quantitative estimate of drug-likeness (QED) is 0.572. The maximum absolute atomic E-state index is 11.6. The maximum atomic E-state index is 11.6. The van der Waals surface area contributed by atoms with Crippen molar-refractivity contribution >= 4 is 29.1 Å². The van der Waals surface area contributed by atoms with Crippen LogP contribution in [-0.2, 0) is 9.59 Å². The van der Waals surface area contributed by atoms with Gasteiger partial charge < -0.3 is 15.7 Å². The molecular formula is C14H20N2O4S. The number of aliphatic carboxylic acids is 1. The molecule has 0 spiro atoms. The molecule has 0 unspecified atom stereocenters. The lowest BCUT2D eigenvalue weighted by atomic mass is 10.2. The van der Waals surface area contributed by atoms with Gasteiger partial charge in [0.1, 0.15) is 0 Å². The summed E-state index contributed by atoms with van der Waals surface area (Å²) in [6.07, 6.45) is 2.20. The van der Waals surface area contributed by atoms with Crippen LogP contribution >= 0.6 is 11.3 Å². The van der Waals surface area contributed by atoms with E-state index in [2.05, 4.69) is 10.6 Å². The minimum atomic E-state index is -0.836. The average Bonchev–Trinajstić information content (AvgIpc) is 2.97. The van der Waals surface area contributed by atoms with E-state index < -0.39 is 5.97 Å². The topological polar surface area (TPSA) is 95.5 Å². The molecule has 0 aliphatic carbocycles. The van der Waals surface area contributed by atoms with Crippen molar-refractivity contribution < 1.29 is 19.5 Å². The van der Waals surface area contributed by atoms with Gasteiger partial charge in [-0.3, -0.25) is 14.4 Å². The number of amides is 2. The van der Waals surface area contributed by atoms with Crippen molar-refractivity contribution in [2.75, 3.05) is 13.1 Å². The monoisotopic (exact) mass is 312 g/mol. The summed E-state index contributed by atoms with van der Waals surface area (Å²) in [7, 11) is 0. The molecule has 0 radical (unpaired) electrons. The Bertz CT molecular complexity index is 460. The highest BCUT2D eigenvalue weighted by molar-refractivity contribution is 7.12. The first-order valence-corrected chi connectivity index (χ1v) is 7.78. The Morgan fingerprint density at radius 1 is 1.05 bits per heavy atom. The standard InChI is InChI=1S/C14H20N2O4S/c17-12(6-1-2-7-13(18)19)15-8-4-9-16-14(20)11-5-3-10-21-11/h3,5,10H,1-2,4,6-9H2,(H,15,17)(H,16,20)(H,18,19). The minimum absolute atomic E-state index is 0.0787. The number of rotatable bonds is 10.